The molecule has 14 heavy (non-hydrogen) atoms. The van der Waals surface area contributed by atoms with E-state index in [1.807, 2.05) is 0 Å². The average Bonchev–Trinajstić information content (AvgIpc) is 2.48. The van der Waals surface area contributed by atoms with Gasteiger partial charge in [0, 0.05) is 12.3 Å². The van der Waals surface area contributed by atoms with E-state index in [4.69, 9.17) is 9.63 Å². The Kier molecular flexibility index (Phi) is 1.92. The molecule has 1 N–H and O–H groups in total. The molecule has 0 bridgehead atoms. The van der Waals surface area contributed by atoms with Crippen molar-refractivity contribution >= 4 is 16.9 Å². The lowest BCUT2D eigenvalue weighted by molar-refractivity contribution is -0.136. The van der Waals surface area contributed by atoms with Crippen LogP contribution in [0.3, 0.4) is 0 Å². The van der Waals surface area contributed by atoms with Crippen LogP contribution in [-0.2, 0) is 11.2 Å². The monoisotopic (exact) mass is 192 g/mol. The Morgan fingerprint density at radius 2 is 2.43 bits per heavy atom. The van der Waals surface area contributed by atoms with Crippen molar-refractivity contribution in [3.63, 3.8) is 0 Å². The highest BCUT2D eigenvalue weighted by atomic mass is 16.5. The van der Waals surface area contributed by atoms with Crippen molar-refractivity contribution in [1.29, 1.82) is 0 Å². The van der Waals surface area contributed by atoms with Crippen LogP contribution in [0.5, 0.6) is 0 Å². The molecule has 0 fully saturated rings. The fourth-order valence-corrected chi connectivity index (χ4v) is 1.39. The zero-order valence-corrected chi connectivity index (χ0v) is 7.52. The minimum absolute atomic E-state index is 0.112. The summed E-state index contributed by atoms with van der Waals surface area (Å²) in [4.78, 5) is 14.6. The lowest BCUT2D eigenvalue weighted by atomic mass is 10.1. The Balaban J connectivity index is 2.63. The third kappa shape index (κ3) is 1.32. The third-order valence-corrected chi connectivity index (χ3v) is 1.95. The van der Waals surface area contributed by atoms with E-state index < -0.39 is 5.97 Å². The van der Waals surface area contributed by atoms with E-state index in [-0.39, 0.29) is 6.42 Å². The van der Waals surface area contributed by atoms with Gasteiger partial charge in [-0.2, -0.15) is 0 Å². The van der Waals surface area contributed by atoms with Gasteiger partial charge in [-0.1, -0.05) is 5.16 Å². The molecule has 2 aromatic rings. The number of carboxylic acids is 1. The number of rotatable bonds is 2. The van der Waals surface area contributed by atoms with Crippen molar-refractivity contribution in [1.82, 2.24) is 10.1 Å². The number of carbonyl (C=O) groups is 1. The van der Waals surface area contributed by atoms with Gasteiger partial charge in [0.1, 0.15) is 0 Å². The zero-order chi connectivity index (χ0) is 10.1. The molecule has 0 saturated carbocycles. The van der Waals surface area contributed by atoms with Crippen LogP contribution in [0.4, 0.5) is 0 Å². The molecule has 0 radical (unpaired) electrons. The van der Waals surface area contributed by atoms with Crippen LogP contribution in [0.2, 0.25) is 0 Å². The lowest BCUT2D eigenvalue weighted by Gasteiger charge is -1.96. The molecule has 0 saturated heterocycles. The highest BCUT2D eigenvalue weighted by molar-refractivity contribution is 5.85. The fraction of sp³-hybridized carbons (Fsp3) is 0.222. The minimum Gasteiger partial charge on any atom is -0.481 e. The number of pyridine rings is 1. The molecule has 5 nitrogen and oxygen atoms in total. The largest absolute Gasteiger partial charge is 0.481 e. The normalized spacial score (nSPS) is 10.6. The van der Waals surface area contributed by atoms with Crippen molar-refractivity contribution in [2.75, 3.05) is 0 Å². The fourth-order valence-electron chi connectivity index (χ4n) is 1.39. The number of aliphatic carboxylic acids is 1. The van der Waals surface area contributed by atoms with Gasteiger partial charge in [-0.15, -0.1) is 0 Å². The highest BCUT2D eigenvalue weighted by Crippen LogP contribution is 2.20. The molecular formula is C9H8N2O3. The summed E-state index contributed by atoms with van der Waals surface area (Å²) in [6.07, 6.45) is 1.41. The van der Waals surface area contributed by atoms with Gasteiger partial charge in [0.25, 0.3) is 0 Å². The van der Waals surface area contributed by atoms with Gasteiger partial charge in [0.05, 0.1) is 23.2 Å². The highest BCUT2D eigenvalue weighted by Gasteiger charge is 2.12. The van der Waals surface area contributed by atoms with Gasteiger partial charge in [-0.3, -0.25) is 9.78 Å². The Labute approximate surface area is 79.3 Å². The van der Waals surface area contributed by atoms with Crippen molar-refractivity contribution < 1.29 is 14.4 Å². The number of aromatic nitrogens is 2. The predicted molar refractivity (Wildman–Crippen MR) is 47.9 cm³/mol. The number of aryl methyl sites for hydroxylation is 1. The molecule has 2 aromatic heterocycles. The van der Waals surface area contributed by atoms with Crippen molar-refractivity contribution in [3.8, 4) is 0 Å². The van der Waals surface area contributed by atoms with Gasteiger partial charge in [0.15, 0.2) is 5.58 Å². The number of hydrogen-bond acceptors (Lipinski definition) is 4. The second-order valence-electron chi connectivity index (χ2n) is 2.97. The first-order valence-corrected chi connectivity index (χ1v) is 4.10. The molecule has 0 unspecified atom stereocenters. The summed E-state index contributed by atoms with van der Waals surface area (Å²) < 4.78 is 4.99. The second kappa shape index (κ2) is 3.10. The van der Waals surface area contributed by atoms with E-state index in [0.717, 1.165) is 0 Å². The maximum absolute atomic E-state index is 10.6. The first-order valence-electron chi connectivity index (χ1n) is 4.10. The number of nitrogens with zero attached hydrogens (tertiary/aromatic N) is 2. The zero-order valence-electron chi connectivity index (χ0n) is 7.52. The Morgan fingerprint density at radius 1 is 1.64 bits per heavy atom. The molecule has 0 aliphatic rings. The van der Waals surface area contributed by atoms with Crippen LogP contribution in [0.1, 0.15) is 11.4 Å². The van der Waals surface area contributed by atoms with Crippen LogP contribution in [0.25, 0.3) is 11.0 Å². The quantitative estimate of drug-likeness (QED) is 0.772. The van der Waals surface area contributed by atoms with Crippen molar-refractivity contribution in [2.45, 2.75) is 13.3 Å². The van der Waals surface area contributed by atoms with Gasteiger partial charge in [0.2, 0.25) is 0 Å². The summed E-state index contributed by atoms with van der Waals surface area (Å²) in [5.74, 6) is -0.911. The second-order valence-corrected chi connectivity index (χ2v) is 2.97. The molecule has 0 atom stereocenters. The maximum atomic E-state index is 10.6. The first kappa shape index (κ1) is 8.68. The smallest absolute Gasteiger partial charge is 0.309 e. The van der Waals surface area contributed by atoms with E-state index in [2.05, 4.69) is 10.1 Å². The Morgan fingerprint density at radius 3 is 3.14 bits per heavy atom. The molecule has 2 heterocycles. The van der Waals surface area contributed by atoms with E-state index >= 15 is 0 Å². The van der Waals surface area contributed by atoms with Crippen LogP contribution in [0, 0.1) is 6.92 Å². The van der Waals surface area contributed by atoms with Crippen molar-refractivity contribution in [3.05, 3.63) is 23.7 Å². The first-order chi connectivity index (χ1) is 6.68. The van der Waals surface area contributed by atoms with Crippen LogP contribution in [0.15, 0.2) is 16.8 Å². The van der Waals surface area contributed by atoms with E-state index in [1.165, 1.54) is 6.20 Å². The predicted octanol–water partition coefficient (Wildman–Crippen LogP) is 1.16. The van der Waals surface area contributed by atoms with Gasteiger partial charge in [-0.25, -0.2) is 0 Å². The van der Waals surface area contributed by atoms with Crippen LogP contribution >= 0.6 is 0 Å². The summed E-state index contributed by atoms with van der Waals surface area (Å²) in [7, 11) is 0. The number of carboxylic acid groups (broad SMARTS) is 1. The molecule has 72 valence electrons. The summed E-state index contributed by atoms with van der Waals surface area (Å²) in [6.45, 7) is 1.76. The topological polar surface area (TPSA) is 76.2 Å². The van der Waals surface area contributed by atoms with Crippen LogP contribution < -0.4 is 0 Å². The van der Waals surface area contributed by atoms with Crippen LogP contribution in [-0.4, -0.2) is 21.2 Å². The SMILES string of the molecule is Cc1noc2ccnc(CC(=O)O)c12. The average molecular weight is 192 g/mol. The lowest BCUT2D eigenvalue weighted by Crippen LogP contribution is -2.02. The standard InChI is InChI=1S/C9H8N2O3/c1-5-9-6(4-8(12)13)10-3-2-7(9)14-11-5/h2-3H,4H2,1H3,(H,12,13). The maximum Gasteiger partial charge on any atom is 0.309 e. The molecule has 0 aliphatic heterocycles. The molecule has 0 amide bonds. The molecule has 5 heteroatoms. The number of fused-ring (bicyclic) bond motifs is 1. The molecule has 0 spiro atoms. The van der Waals surface area contributed by atoms with Crippen molar-refractivity contribution in [2.24, 2.45) is 0 Å². The van der Waals surface area contributed by atoms with E-state index in [9.17, 15) is 4.79 Å². The molecular weight excluding hydrogens is 184 g/mol. The summed E-state index contributed by atoms with van der Waals surface area (Å²) >= 11 is 0. The molecule has 0 aliphatic carbocycles. The minimum atomic E-state index is -0.911. The van der Waals surface area contributed by atoms with Gasteiger partial charge < -0.3 is 9.63 Å². The van der Waals surface area contributed by atoms with E-state index in [0.29, 0.717) is 22.4 Å². The summed E-state index contributed by atoms with van der Waals surface area (Å²) in [5, 5.41) is 13.1. The van der Waals surface area contributed by atoms with E-state index in [1.54, 1.807) is 13.0 Å². The third-order valence-electron chi connectivity index (χ3n) is 1.95. The number of hydrogen-bond donors (Lipinski definition) is 1. The molecule has 2 rings (SSSR count). The molecule has 0 aromatic carbocycles. The van der Waals surface area contributed by atoms with Gasteiger partial charge in [-0.05, 0) is 6.92 Å². The Bertz CT molecular complexity index is 490. The summed E-state index contributed by atoms with van der Waals surface area (Å²) in [5.41, 5.74) is 1.74. The summed E-state index contributed by atoms with van der Waals surface area (Å²) in [6, 6.07) is 1.67. The van der Waals surface area contributed by atoms with Gasteiger partial charge >= 0.3 is 5.97 Å². The Hall–Kier alpha value is -1.91.